The van der Waals surface area contributed by atoms with Crippen LogP contribution in [0.5, 0.6) is 0 Å². The van der Waals surface area contributed by atoms with E-state index in [4.69, 9.17) is 0 Å². The molecule has 1 fully saturated rings. The first-order chi connectivity index (χ1) is 7.04. The highest BCUT2D eigenvalue weighted by Gasteiger charge is 2.30. The molecule has 0 amide bonds. The molecule has 0 radical (unpaired) electrons. The molecule has 1 aliphatic heterocycles. The third-order valence-electron chi connectivity index (χ3n) is 2.61. The van der Waals surface area contributed by atoms with Gasteiger partial charge >= 0.3 is 0 Å². The lowest BCUT2D eigenvalue weighted by atomic mass is 10.2. The van der Waals surface area contributed by atoms with E-state index in [1.807, 2.05) is 26.1 Å². The van der Waals surface area contributed by atoms with Crippen LogP contribution < -0.4 is 0 Å². The Morgan fingerprint density at radius 2 is 1.87 bits per heavy atom. The number of hydrogen-bond acceptors (Lipinski definition) is 2. The Labute approximate surface area is 92.9 Å². The van der Waals surface area contributed by atoms with Crippen molar-refractivity contribution in [2.24, 2.45) is 0 Å². The Hall–Kier alpha value is -1.44. The van der Waals surface area contributed by atoms with Gasteiger partial charge in [0.15, 0.2) is 0 Å². The lowest BCUT2D eigenvalue weighted by molar-refractivity contribution is 0.340. The minimum Gasteiger partial charge on any atom is -0.330 e. The van der Waals surface area contributed by atoms with Crippen LogP contribution in [0.15, 0.2) is 48.6 Å². The van der Waals surface area contributed by atoms with Crippen LogP contribution in [-0.2, 0) is 0 Å². The van der Waals surface area contributed by atoms with Gasteiger partial charge in [-0.2, -0.15) is 0 Å². The van der Waals surface area contributed by atoms with E-state index in [0.29, 0.717) is 6.04 Å². The molecule has 2 heteroatoms. The van der Waals surface area contributed by atoms with Crippen molar-refractivity contribution >= 4 is 0 Å². The molecule has 2 nitrogen and oxygen atoms in total. The van der Waals surface area contributed by atoms with Gasteiger partial charge in [0, 0.05) is 13.1 Å². The van der Waals surface area contributed by atoms with Crippen LogP contribution in [0.3, 0.4) is 0 Å². The average Bonchev–Trinajstić information content (AvgIpc) is 2.40. The number of allylic oxidation sites excluding steroid dienone is 3. The van der Waals surface area contributed by atoms with Crippen LogP contribution in [0, 0.1) is 0 Å². The summed E-state index contributed by atoms with van der Waals surface area (Å²) in [7, 11) is 2.04. The second kappa shape index (κ2) is 4.39. The van der Waals surface area contributed by atoms with Crippen LogP contribution in [0.4, 0.5) is 0 Å². The molecule has 0 saturated carbocycles. The highest BCUT2D eigenvalue weighted by molar-refractivity contribution is 5.41. The molecule has 1 rings (SSSR count). The molecule has 1 aliphatic rings. The van der Waals surface area contributed by atoms with E-state index in [9.17, 15) is 0 Å². The predicted molar refractivity (Wildman–Crippen MR) is 65.9 cm³/mol. The maximum atomic E-state index is 4.10. The van der Waals surface area contributed by atoms with Crippen LogP contribution in [0.1, 0.15) is 20.8 Å². The molecule has 0 aromatic heterocycles. The number of hydrogen-bond donors (Lipinski definition) is 0. The smallest absolute Gasteiger partial charge is 0.106 e. The highest BCUT2D eigenvalue weighted by atomic mass is 15.4. The van der Waals surface area contributed by atoms with Crippen molar-refractivity contribution in [2.75, 3.05) is 7.05 Å². The molecule has 0 unspecified atom stereocenters. The predicted octanol–water partition coefficient (Wildman–Crippen LogP) is 3.09. The van der Waals surface area contributed by atoms with E-state index in [2.05, 4.69) is 42.9 Å². The molecule has 15 heavy (non-hydrogen) atoms. The fraction of sp³-hybridized carbons (Fsp3) is 0.385. The van der Waals surface area contributed by atoms with Gasteiger partial charge < -0.3 is 9.80 Å². The Balaban J connectivity index is 3.23. The van der Waals surface area contributed by atoms with Crippen molar-refractivity contribution in [3.05, 3.63) is 48.6 Å². The van der Waals surface area contributed by atoms with Crippen molar-refractivity contribution in [2.45, 2.75) is 26.8 Å². The zero-order valence-electron chi connectivity index (χ0n) is 10.1. The SMILES string of the molecule is C=C/C=C1\C(=C/C)N(C)C(=C)N1C(C)C. The second-order valence-electron chi connectivity index (χ2n) is 3.90. The molecule has 0 N–H and O–H groups in total. The van der Waals surface area contributed by atoms with Gasteiger partial charge in [-0.25, -0.2) is 0 Å². The molecular formula is C13H20N2. The quantitative estimate of drug-likeness (QED) is 0.682. The van der Waals surface area contributed by atoms with Gasteiger partial charge in [0.1, 0.15) is 5.82 Å². The van der Waals surface area contributed by atoms with Crippen molar-refractivity contribution in [1.82, 2.24) is 9.80 Å². The summed E-state index contributed by atoms with van der Waals surface area (Å²) in [6.07, 6.45) is 5.95. The summed E-state index contributed by atoms with van der Waals surface area (Å²) >= 11 is 0. The standard InChI is InChI=1S/C13H20N2/c1-7-9-13-12(8-2)14(6)11(5)15(13)10(3)4/h7-10H,1,5H2,2-4,6H3/b12-8+,13-9+. The Kier molecular flexibility index (Phi) is 3.40. The van der Waals surface area contributed by atoms with Gasteiger partial charge in [-0.3, -0.25) is 0 Å². The summed E-state index contributed by atoms with van der Waals surface area (Å²) in [5.41, 5.74) is 2.36. The molecule has 1 saturated heterocycles. The molecule has 0 aromatic carbocycles. The van der Waals surface area contributed by atoms with E-state index in [1.54, 1.807) is 0 Å². The first kappa shape index (κ1) is 11.6. The highest BCUT2D eigenvalue weighted by Crippen LogP contribution is 2.35. The molecule has 82 valence electrons. The monoisotopic (exact) mass is 204 g/mol. The Bertz CT molecular complexity index is 334. The summed E-state index contributed by atoms with van der Waals surface area (Å²) in [5.74, 6) is 1.02. The van der Waals surface area contributed by atoms with Gasteiger partial charge in [-0.1, -0.05) is 25.3 Å². The van der Waals surface area contributed by atoms with Crippen molar-refractivity contribution < 1.29 is 0 Å². The van der Waals surface area contributed by atoms with Gasteiger partial charge in [0.2, 0.25) is 0 Å². The number of rotatable bonds is 2. The number of likely N-dealkylation sites (N-methyl/N-ethyl adjacent to an activating group) is 1. The lowest BCUT2D eigenvalue weighted by Crippen LogP contribution is -2.26. The first-order valence-corrected chi connectivity index (χ1v) is 5.25. The summed E-state index contributed by atoms with van der Waals surface area (Å²) < 4.78 is 0. The van der Waals surface area contributed by atoms with Crippen molar-refractivity contribution in [3.8, 4) is 0 Å². The molecule has 0 aromatic rings. The van der Waals surface area contributed by atoms with E-state index < -0.39 is 0 Å². The third kappa shape index (κ3) is 1.84. The van der Waals surface area contributed by atoms with E-state index in [1.165, 1.54) is 11.4 Å². The zero-order chi connectivity index (χ0) is 11.6. The molecular weight excluding hydrogens is 184 g/mol. The van der Waals surface area contributed by atoms with Crippen molar-refractivity contribution in [3.63, 3.8) is 0 Å². The first-order valence-electron chi connectivity index (χ1n) is 5.25. The molecule has 0 bridgehead atoms. The van der Waals surface area contributed by atoms with Gasteiger partial charge in [-0.15, -0.1) is 0 Å². The van der Waals surface area contributed by atoms with E-state index in [-0.39, 0.29) is 0 Å². The summed E-state index contributed by atoms with van der Waals surface area (Å²) in [5, 5.41) is 0. The number of nitrogens with zero attached hydrogens (tertiary/aromatic N) is 2. The fourth-order valence-corrected chi connectivity index (χ4v) is 1.93. The Morgan fingerprint density at radius 1 is 1.27 bits per heavy atom. The van der Waals surface area contributed by atoms with Gasteiger partial charge in [0.25, 0.3) is 0 Å². The van der Waals surface area contributed by atoms with E-state index in [0.717, 1.165) is 5.82 Å². The van der Waals surface area contributed by atoms with Gasteiger partial charge in [0.05, 0.1) is 11.4 Å². The largest absolute Gasteiger partial charge is 0.330 e. The molecule has 0 atom stereocenters. The Morgan fingerprint density at radius 3 is 2.27 bits per heavy atom. The van der Waals surface area contributed by atoms with Crippen LogP contribution in [-0.4, -0.2) is 22.9 Å². The van der Waals surface area contributed by atoms with Crippen molar-refractivity contribution in [1.29, 1.82) is 0 Å². The second-order valence-corrected chi connectivity index (χ2v) is 3.90. The molecule has 1 heterocycles. The summed E-state index contributed by atoms with van der Waals surface area (Å²) in [6, 6.07) is 0.406. The topological polar surface area (TPSA) is 6.48 Å². The zero-order valence-corrected chi connectivity index (χ0v) is 10.1. The third-order valence-corrected chi connectivity index (χ3v) is 2.61. The van der Waals surface area contributed by atoms with E-state index >= 15 is 0 Å². The minimum absolute atomic E-state index is 0.406. The summed E-state index contributed by atoms with van der Waals surface area (Å²) in [4.78, 5) is 4.33. The molecule has 0 spiro atoms. The lowest BCUT2D eigenvalue weighted by Gasteiger charge is -2.24. The fourth-order valence-electron chi connectivity index (χ4n) is 1.93. The van der Waals surface area contributed by atoms with Crippen LogP contribution in [0.2, 0.25) is 0 Å². The minimum atomic E-state index is 0.406. The normalized spacial score (nSPS) is 22.3. The van der Waals surface area contributed by atoms with Crippen LogP contribution in [0.25, 0.3) is 0 Å². The summed E-state index contributed by atoms with van der Waals surface area (Å²) in [6.45, 7) is 14.2. The maximum absolute atomic E-state index is 4.10. The van der Waals surface area contributed by atoms with Crippen LogP contribution >= 0.6 is 0 Å². The average molecular weight is 204 g/mol. The molecule has 0 aliphatic carbocycles. The van der Waals surface area contributed by atoms with Gasteiger partial charge in [-0.05, 0) is 26.8 Å². The maximum Gasteiger partial charge on any atom is 0.106 e.